The van der Waals surface area contributed by atoms with E-state index in [0.29, 0.717) is 11.1 Å². The fraction of sp³-hybridized carbons (Fsp3) is 0.222. The van der Waals surface area contributed by atoms with Gasteiger partial charge in [-0.25, -0.2) is 0 Å². The van der Waals surface area contributed by atoms with Crippen molar-refractivity contribution in [2.24, 2.45) is 0 Å². The lowest BCUT2D eigenvalue weighted by Crippen LogP contribution is -2.07. The summed E-state index contributed by atoms with van der Waals surface area (Å²) in [4.78, 5) is 21.8. The van der Waals surface area contributed by atoms with Crippen LogP contribution < -0.4 is 10.6 Å². The van der Waals surface area contributed by atoms with Gasteiger partial charge in [-0.15, -0.1) is 0 Å². The molecule has 0 bridgehead atoms. The van der Waals surface area contributed by atoms with E-state index in [1.165, 1.54) is 0 Å². The van der Waals surface area contributed by atoms with E-state index in [0.717, 1.165) is 48.5 Å². The van der Waals surface area contributed by atoms with Crippen molar-refractivity contribution in [1.82, 2.24) is 0 Å². The Morgan fingerprint density at radius 1 is 0.708 bits per heavy atom. The molecule has 0 amide bonds. The molecular formula is C18H20N2O2S2. The maximum atomic E-state index is 10.9. The van der Waals surface area contributed by atoms with Gasteiger partial charge in [0.1, 0.15) is 0 Å². The second kappa shape index (κ2) is 10.8. The number of rotatable bonds is 11. The number of para-hydroxylation sites is 2. The average Bonchev–Trinajstić information content (AvgIpc) is 2.64. The molecular weight excluding hydrogens is 340 g/mol. The molecule has 126 valence electrons. The van der Waals surface area contributed by atoms with Crippen molar-refractivity contribution < 1.29 is 9.59 Å². The zero-order valence-corrected chi connectivity index (χ0v) is 14.9. The summed E-state index contributed by atoms with van der Waals surface area (Å²) in [7, 11) is 3.57. The predicted molar refractivity (Wildman–Crippen MR) is 106 cm³/mol. The quantitative estimate of drug-likeness (QED) is 0.355. The van der Waals surface area contributed by atoms with Gasteiger partial charge in [0.05, 0.1) is 0 Å². The Morgan fingerprint density at radius 2 is 1.12 bits per heavy atom. The van der Waals surface area contributed by atoms with Gasteiger partial charge >= 0.3 is 0 Å². The van der Waals surface area contributed by atoms with Crippen molar-refractivity contribution in [3.05, 3.63) is 59.7 Å². The molecule has 2 aromatic rings. The molecule has 0 aliphatic rings. The van der Waals surface area contributed by atoms with Crippen LogP contribution in [-0.4, -0.2) is 37.2 Å². The number of carbonyl (C=O) groups excluding carboxylic acids is 2. The van der Waals surface area contributed by atoms with E-state index in [1.807, 2.05) is 36.4 Å². The highest BCUT2D eigenvalue weighted by atomic mass is 33.1. The third-order valence-corrected chi connectivity index (χ3v) is 5.67. The Balaban J connectivity index is 1.57. The summed E-state index contributed by atoms with van der Waals surface area (Å²) in [6, 6.07) is 15.0. The Morgan fingerprint density at radius 3 is 1.54 bits per heavy atom. The topological polar surface area (TPSA) is 58.2 Å². The minimum atomic E-state index is 0.688. The van der Waals surface area contributed by atoms with Gasteiger partial charge in [-0.2, -0.15) is 0 Å². The maximum Gasteiger partial charge on any atom is 0.152 e. The fourth-order valence-electron chi connectivity index (χ4n) is 2.09. The molecule has 24 heavy (non-hydrogen) atoms. The molecule has 2 aromatic carbocycles. The molecule has 0 spiro atoms. The summed E-state index contributed by atoms with van der Waals surface area (Å²) in [6.07, 6.45) is 1.74. The zero-order chi connectivity index (χ0) is 17.0. The summed E-state index contributed by atoms with van der Waals surface area (Å²) in [6.45, 7) is 1.62. The number of aldehydes is 2. The molecule has 0 aliphatic heterocycles. The van der Waals surface area contributed by atoms with Gasteiger partial charge in [0.25, 0.3) is 0 Å². The van der Waals surface area contributed by atoms with Crippen molar-refractivity contribution in [3.8, 4) is 0 Å². The SMILES string of the molecule is O=Cc1ccccc1NCCSSCCNc1ccccc1C=O. The van der Waals surface area contributed by atoms with E-state index in [1.54, 1.807) is 33.7 Å². The first kappa shape index (κ1) is 18.4. The van der Waals surface area contributed by atoms with Crippen molar-refractivity contribution in [2.45, 2.75) is 0 Å². The maximum absolute atomic E-state index is 10.9. The summed E-state index contributed by atoms with van der Waals surface area (Å²) in [5.74, 6) is 1.89. The first-order valence-electron chi connectivity index (χ1n) is 7.65. The molecule has 6 heteroatoms. The van der Waals surface area contributed by atoms with E-state index in [4.69, 9.17) is 0 Å². The van der Waals surface area contributed by atoms with E-state index >= 15 is 0 Å². The second-order valence-electron chi connectivity index (χ2n) is 4.91. The van der Waals surface area contributed by atoms with Crippen LogP contribution in [0.3, 0.4) is 0 Å². The van der Waals surface area contributed by atoms with Crippen molar-refractivity contribution in [2.75, 3.05) is 35.2 Å². The highest BCUT2D eigenvalue weighted by molar-refractivity contribution is 8.76. The van der Waals surface area contributed by atoms with Crippen LogP contribution in [0.5, 0.6) is 0 Å². The second-order valence-corrected chi connectivity index (χ2v) is 7.61. The molecule has 0 saturated carbocycles. The van der Waals surface area contributed by atoms with Gasteiger partial charge in [-0.05, 0) is 24.3 Å². The molecule has 0 unspecified atom stereocenters. The van der Waals surface area contributed by atoms with E-state index in [9.17, 15) is 9.59 Å². The first-order valence-corrected chi connectivity index (χ1v) is 10.1. The van der Waals surface area contributed by atoms with Crippen LogP contribution in [0.4, 0.5) is 11.4 Å². The van der Waals surface area contributed by atoms with Crippen molar-refractivity contribution in [3.63, 3.8) is 0 Å². The summed E-state index contributed by atoms with van der Waals surface area (Å²) >= 11 is 0. The van der Waals surface area contributed by atoms with Gasteiger partial charge in [-0.1, -0.05) is 45.9 Å². The lowest BCUT2D eigenvalue weighted by atomic mass is 10.2. The molecule has 4 nitrogen and oxygen atoms in total. The number of nitrogens with one attached hydrogen (secondary N) is 2. The average molecular weight is 361 g/mol. The number of carbonyl (C=O) groups is 2. The minimum absolute atomic E-state index is 0.688. The highest BCUT2D eigenvalue weighted by Gasteiger charge is 2.00. The van der Waals surface area contributed by atoms with Crippen LogP contribution in [0.2, 0.25) is 0 Å². The number of benzene rings is 2. The Bertz CT molecular complexity index is 607. The molecule has 2 N–H and O–H groups in total. The predicted octanol–water partition coefficient (Wildman–Crippen LogP) is 4.22. The number of anilines is 2. The van der Waals surface area contributed by atoms with E-state index < -0.39 is 0 Å². The summed E-state index contributed by atoms with van der Waals surface area (Å²) in [5.41, 5.74) is 3.14. The van der Waals surface area contributed by atoms with Crippen LogP contribution in [0, 0.1) is 0 Å². The summed E-state index contributed by atoms with van der Waals surface area (Å²) in [5, 5.41) is 6.55. The number of hydrogen-bond acceptors (Lipinski definition) is 6. The Labute approximate surface area is 150 Å². The molecule has 2 rings (SSSR count). The standard InChI is InChI=1S/C18H20N2O2S2/c21-13-15-5-1-3-7-17(15)19-9-11-23-24-12-10-20-18-8-4-2-6-16(18)14-22/h1-8,13-14,19-20H,9-12H2. The molecule has 0 aliphatic carbocycles. The molecule has 0 heterocycles. The molecule has 0 atom stereocenters. The van der Waals surface area contributed by atoms with Gasteiger partial charge in [-0.3, -0.25) is 9.59 Å². The highest BCUT2D eigenvalue weighted by Crippen LogP contribution is 2.21. The van der Waals surface area contributed by atoms with Crippen LogP contribution in [0.1, 0.15) is 20.7 Å². The lowest BCUT2D eigenvalue weighted by molar-refractivity contribution is 0.111. The van der Waals surface area contributed by atoms with E-state index in [2.05, 4.69) is 10.6 Å². The normalized spacial score (nSPS) is 10.2. The molecule has 0 aromatic heterocycles. The lowest BCUT2D eigenvalue weighted by Gasteiger charge is -2.09. The molecule has 0 saturated heterocycles. The molecule has 0 radical (unpaired) electrons. The van der Waals surface area contributed by atoms with Gasteiger partial charge in [0.2, 0.25) is 0 Å². The van der Waals surface area contributed by atoms with Crippen molar-refractivity contribution in [1.29, 1.82) is 0 Å². The Hall–Kier alpha value is -1.92. The third kappa shape index (κ3) is 5.94. The minimum Gasteiger partial charge on any atom is -0.384 e. The van der Waals surface area contributed by atoms with Crippen LogP contribution >= 0.6 is 21.6 Å². The van der Waals surface area contributed by atoms with Gasteiger partial charge < -0.3 is 10.6 Å². The van der Waals surface area contributed by atoms with E-state index in [-0.39, 0.29) is 0 Å². The van der Waals surface area contributed by atoms with Crippen LogP contribution in [0.15, 0.2) is 48.5 Å². The monoisotopic (exact) mass is 360 g/mol. The zero-order valence-electron chi connectivity index (χ0n) is 13.2. The van der Waals surface area contributed by atoms with Gasteiger partial charge in [0, 0.05) is 47.1 Å². The smallest absolute Gasteiger partial charge is 0.152 e. The largest absolute Gasteiger partial charge is 0.384 e. The third-order valence-electron chi connectivity index (χ3n) is 3.26. The van der Waals surface area contributed by atoms with Gasteiger partial charge in [0.15, 0.2) is 12.6 Å². The Kier molecular flexibility index (Phi) is 8.27. The summed E-state index contributed by atoms with van der Waals surface area (Å²) < 4.78 is 0. The first-order chi connectivity index (χ1) is 11.8. The number of hydrogen-bond donors (Lipinski definition) is 2. The fourth-order valence-corrected chi connectivity index (χ4v) is 3.91. The van der Waals surface area contributed by atoms with Crippen LogP contribution in [-0.2, 0) is 0 Å². The van der Waals surface area contributed by atoms with Crippen molar-refractivity contribution >= 4 is 45.5 Å². The van der Waals surface area contributed by atoms with Crippen LogP contribution in [0.25, 0.3) is 0 Å². The molecule has 0 fully saturated rings.